The van der Waals surface area contributed by atoms with Crippen molar-refractivity contribution in [2.45, 2.75) is 32.7 Å². The molecule has 1 aromatic rings. The van der Waals surface area contributed by atoms with Gasteiger partial charge in [0.05, 0.1) is 10.5 Å². The fourth-order valence-corrected chi connectivity index (χ4v) is 2.90. The van der Waals surface area contributed by atoms with E-state index >= 15 is 0 Å². The maximum Gasteiger partial charge on any atom is 0.405 e. The summed E-state index contributed by atoms with van der Waals surface area (Å²) in [4.78, 5) is 10.9. The van der Waals surface area contributed by atoms with Crippen molar-refractivity contribution < 1.29 is 14.3 Å². The highest BCUT2D eigenvalue weighted by Gasteiger charge is 2.37. The second-order valence-corrected chi connectivity index (χ2v) is 6.19. The number of nitrogens with one attached hydrogen (secondary N) is 1. The molecule has 98 valence electrons. The molecular formula is C13H15BrFNO2. The lowest BCUT2D eigenvalue weighted by molar-refractivity contribution is 0.161. The Morgan fingerprint density at radius 3 is 2.83 bits per heavy atom. The zero-order chi connectivity index (χ0) is 13.5. The first kappa shape index (κ1) is 13.3. The minimum Gasteiger partial charge on any atom is -0.465 e. The molecule has 2 rings (SSSR count). The van der Waals surface area contributed by atoms with E-state index in [4.69, 9.17) is 5.11 Å². The third-order valence-electron chi connectivity index (χ3n) is 3.58. The topological polar surface area (TPSA) is 49.3 Å². The Labute approximate surface area is 114 Å². The fraction of sp³-hybridized carbons (Fsp3) is 0.462. The van der Waals surface area contributed by atoms with E-state index in [9.17, 15) is 9.18 Å². The van der Waals surface area contributed by atoms with E-state index in [-0.39, 0.29) is 17.3 Å². The Bertz CT molecular complexity index is 502. The van der Waals surface area contributed by atoms with Crippen LogP contribution >= 0.6 is 15.9 Å². The van der Waals surface area contributed by atoms with E-state index < -0.39 is 6.09 Å². The average molecular weight is 316 g/mol. The summed E-state index contributed by atoms with van der Waals surface area (Å²) in [6, 6.07) is 2.80. The largest absolute Gasteiger partial charge is 0.465 e. The van der Waals surface area contributed by atoms with E-state index in [1.807, 2.05) is 13.8 Å². The first-order valence-corrected chi connectivity index (χ1v) is 6.58. The van der Waals surface area contributed by atoms with Crippen LogP contribution in [0.1, 0.15) is 37.4 Å². The van der Waals surface area contributed by atoms with Crippen molar-refractivity contribution in [3.05, 3.63) is 33.5 Å². The molecule has 1 atom stereocenters. The van der Waals surface area contributed by atoms with E-state index in [0.29, 0.717) is 4.47 Å². The van der Waals surface area contributed by atoms with Crippen molar-refractivity contribution in [2.75, 3.05) is 0 Å². The molecule has 0 fully saturated rings. The lowest BCUT2D eigenvalue weighted by atomic mass is 9.70. The Morgan fingerprint density at radius 1 is 1.56 bits per heavy atom. The molecule has 0 aliphatic heterocycles. The summed E-state index contributed by atoms with van der Waals surface area (Å²) < 4.78 is 14.1. The zero-order valence-corrected chi connectivity index (χ0v) is 11.8. The summed E-state index contributed by atoms with van der Waals surface area (Å²) in [5.41, 5.74) is 1.53. The predicted molar refractivity (Wildman–Crippen MR) is 70.1 cm³/mol. The molecule has 0 spiro atoms. The second-order valence-electron chi connectivity index (χ2n) is 5.34. The third kappa shape index (κ3) is 2.36. The van der Waals surface area contributed by atoms with Crippen LogP contribution in [0.15, 0.2) is 16.6 Å². The van der Waals surface area contributed by atoms with Crippen molar-refractivity contribution in [1.29, 1.82) is 0 Å². The summed E-state index contributed by atoms with van der Waals surface area (Å²) >= 11 is 3.16. The number of fused-ring (bicyclic) bond motifs is 1. The van der Waals surface area contributed by atoms with Gasteiger partial charge in [-0.15, -0.1) is 0 Å². The fourth-order valence-electron chi connectivity index (χ4n) is 2.51. The van der Waals surface area contributed by atoms with Gasteiger partial charge in [-0.05, 0) is 57.4 Å². The summed E-state index contributed by atoms with van der Waals surface area (Å²) in [6.45, 7) is 3.99. The molecule has 1 aromatic carbocycles. The zero-order valence-electron chi connectivity index (χ0n) is 10.3. The highest BCUT2D eigenvalue weighted by atomic mass is 79.9. The molecule has 0 heterocycles. The van der Waals surface area contributed by atoms with Gasteiger partial charge in [0.25, 0.3) is 0 Å². The maximum atomic E-state index is 13.6. The van der Waals surface area contributed by atoms with Crippen molar-refractivity contribution >= 4 is 22.0 Å². The number of hydrogen-bond acceptors (Lipinski definition) is 1. The van der Waals surface area contributed by atoms with Gasteiger partial charge in [0.2, 0.25) is 0 Å². The van der Waals surface area contributed by atoms with E-state index in [1.165, 1.54) is 6.07 Å². The van der Waals surface area contributed by atoms with Gasteiger partial charge in [-0.25, -0.2) is 9.18 Å². The van der Waals surface area contributed by atoms with Gasteiger partial charge < -0.3 is 10.4 Å². The van der Waals surface area contributed by atoms with Gasteiger partial charge in [-0.3, -0.25) is 0 Å². The molecular weight excluding hydrogens is 301 g/mol. The smallest absolute Gasteiger partial charge is 0.405 e. The minimum atomic E-state index is -1.08. The highest BCUT2D eigenvalue weighted by molar-refractivity contribution is 9.10. The van der Waals surface area contributed by atoms with Crippen LogP contribution in [0, 0.1) is 11.2 Å². The number of benzene rings is 1. The molecule has 0 unspecified atom stereocenters. The summed E-state index contributed by atoms with van der Waals surface area (Å²) in [5, 5.41) is 11.4. The molecule has 0 bridgehead atoms. The monoisotopic (exact) mass is 315 g/mol. The molecule has 2 N–H and O–H groups in total. The SMILES string of the molecule is CC1(C)CCc2cc(Br)c(F)cc2[C@@H]1NC(=O)O. The number of amides is 1. The van der Waals surface area contributed by atoms with E-state index in [0.717, 1.165) is 24.0 Å². The molecule has 5 heteroatoms. The van der Waals surface area contributed by atoms with Crippen molar-refractivity contribution in [2.24, 2.45) is 5.41 Å². The average Bonchev–Trinajstić information content (AvgIpc) is 2.25. The van der Waals surface area contributed by atoms with Crippen LogP contribution in [0.3, 0.4) is 0 Å². The summed E-state index contributed by atoms with van der Waals surface area (Å²) in [6.07, 6.45) is 0.617. The Hall–Kier alpha value is -1.10. The number of carbonyl (C=O) groups is 1. The van der Waals surface area contributed by atoms with Crippen LogP contribution in [0.25, 0.3) is 0 Å². The van der Waals surface area contributed by atoms with Gasteiger partial charge in [-0.1, -0.05) is 13.8 Å². The van der Waals surface area contributed by atoms with Crippen LogP contribution in [0.2, 0.25) is 0 Å². The predicted octanol–water partition coefficient (Wildman–Crippen LogP) is 3.87. The first-order chi connectivity index (χ1) is 8.31. The molecule has 1 aliphatic rings. The van der Waals surface area contributed by atoms with E-state index in [1.54, 1.807) is 6.07 Å². The lowest BCUT2D eigenvalue weighted by Crippen LogP contribution is -2.40. The highest BCUT2D eigenvalue weighted by Crippen LogP contribution is 2.44. The lowest BCUT2D eigenvalue weighted by Gasteiger charge is -2.40. The maximum absolute atomic E-state index is 13.6. The normalized spacial score (nSPS) is 21.2. The van der Waals surface area contributed by atoms with Crippen LogP contribution in [-0.4, -0.2) is 11.2 Å². The van der Waals surface area contributed by atoms with Gasteiger partial charge in [0, 0.05) is 0 Å². The van der Waals surface area contributed by atoms with Crippen molar-refractivity contribution in [1.82, 2.24) is 5.32 Å². The number of carboxylic acid groups (broad SMARTS) is 1. The Morgan fingerprint density at radius 2 is 2.22 bits per heavy atom. The van der Waals surface area contributed by atoms with Crippen LogP contribution in [0.5, 0.6) is 0 Å². The number of aryl methyl sites for hydroxylation is 1. The van der Waals surface area contributed by atoms with Gasteiger partial charge >= 0.3 is 6.09 Å². The summed E-state index contributed by atoms with van der Waals surface area (Å²) in [5.74, 6) is -0.358. The Balaban J connectivity index is 2.50. The molecule has 0 radical (unpaired) electrons. The molecule has 0 saturated carbocycles. The first-order valence-electron chi connectivity index (χ1n) is 5.78. The summed E-state index contributed by atoms with van der Waals surface area (Å²) in [7, 11) is 0. The molecule has 3 nitrogen and oxygen atoms in total. The third-order valence-corrected chi connectivity index (χ3v) is 4.19. The Kier molecular flexibility index (Phi) is 3.36. The standard InChI is InChI=1S/C13H15BrFNO2/c1-13(2)4-3-7-5-9(14)10(15)6-8(7)11(13)16-12(17)18/h5-6,11,16H,3-4H2,1-2H3,(H,17,18)/t11-/m0/s1. The molecule has 0 aromatic heterocycles. The molecule has 18 heavy (non-hydrogen) atoms. The number of hydrogen-bond donors (Lipinski definition) is 2. The minimum absolute atomic E-state index is 0.217. The number of rotatable bonds is 1. The quantitative estimate of drug-likeness (QED) is 0.826. The molecule has 1 amide bonds. The van der Waals surface area contributed by atoms with Crippen molar-refractivity contribution in [3.63, 3.8) is 0 Å². The van der Waals surface area contributed by atoms with Crippen LogP contribution < -0.4 is 5.32 Å². The molecule has 0 saturated heterocycles. The number of halogens is 2. The van der Waals surface area contributed by atoms with Gasteiger partial charge in [0.1, 0.15) is 5.82 Å². The van der Waals surface area contributed by atoms with E-state index in [2.05, 4.69) is 21.2 Å². The van der Waals surface area contributed by atoms with Gasteiger partial charge in [-0.2, -0.15) is 0 Å². The molecule has 1 aliphatic carbocycles. The second kappa shape index (κ2) is 4.53. The van der Waals surface area contributed by atoms with Crippen molar-refractivity contribution in [3.8, 4) is 0 Å². The van der Waals surface area contributed by atoms with Gasteiger partial charge in [0.15, 0.2) is 0 Å². The van der Waals surface area contributed by atoms with Crippen LogP contribution in [0.4, 0.5) is 9.18 Å². The van der Waals surface area contributed by atoms with Crippen LogP contribution in [-0.2, 0) is 6.42 Å².